The van der Waals surface area contributed by atoms with Crippen LogP contribution in [0.4, 0.5) is 61.5 Å². The van der Waals surface area contributed by atoms with Crippen LogP contribution in [0, 0.1) is 46.5 Å². The fourth-order valence-electron chi connectivity index (χ4n) is 6.18. The van der Waals surface area contributed by atoms with Crippen molar-refractivity contribution in [2.24, 2.45) is 0 Å². The Morgan fingerprint density at radius 2 is 0.500 bits per heavy atom. The Hall–Kier alpha value is -6.76. The van der Waals surface area contributed by atoms with Gasteiger partial charge in [0.05, 0.1) is 54.9 Å². The van der Waals surface area contributed by atoms with E-state index in [-0.39, 0.29) is 0 Å². The molecule has 0 saturated heterocycles. The number of imide groups is 2. The summed E-state index contributed by atoms with van der Waals surface area (Å²) in [7, 11) is 0. The van der Waals surface area contributed by atoms with Crippen LogP contribution in [0.3, 0.4) is 0 Å². The van der Waals surface area contributed by atoms with E-state index in [1.165, 1.54) is 0 Å². The summed E-state index contributed by atoms with van der Waals surface area (Å²) >= 11 is 0. The summed E-state index contributed by atoms with van der Waals surface area (Å²) in [4.78, 5) is 106. The standard InChI is InChI=1S/C28F14N4O8/c29-11-5-6(12(30)16(34)15(11)33)24(52)45(23(5)51)43-19(47)1-2(20(43)48)10(28(40,41)42)4-3(9(1)27(37,38)39)21(49)44(22(4)50)46-25(53)7-8(26(46)54)14(32)18(36)17(35)13(7)31. The average molecular weight is 786 g/mol. The van der Waals surface area contributed by atoms with Crippen LogP contribution in [0.25, 0.3) is 21.5 Å². The third kappa shape index (κ3) is 3.98. The molecule has 2 aliphatic rings. The highest BCUT2D eigenvalue weighted by molar-refractivity contribution is 6.32. The van der Waals surface area contributed by atoms with E-state index in [9.17, 15) is 99.8 Å². The lowest BCUT2D eigenvalue weighted by Crippen LogP contribution is -2.50. The second-order valence-corrected chi connectivity index (χ2v) is 10.9. The van der Waals surface area contributed by atoms with Gasteiger partial charge in [0.1, 0.15) is 0 Å². The van der Waals surface area contributed by atoms with Gasteiger partial charge in [0.2, 0.25) is 0 Å². The molecule has 0 atom stereocenters. The van der Waals surface area contributed by atoms with Crippen molar-refractivity contribution in [1.29, 1.82) is 0 Å². The predicted molar refractivity (Wildman–Crippen MR) is 141 cm³/mol. The first-order chi connectivity index (χ1) is 24.8. The summed E-state index contributed by atoms with van der Waals surface area (Å²) < 4.78 is 200. The summed E-state index contributed by atoms with van der Waals surface area (Å²) in [6.07, 6.45) is -12.8. The largest absolute Gasteiger partial charge is 0.418 e. The van der Waals surface area contributed by atoms with Crippen molar-refractivity contribution < 1.29 is 80.6 Å². The van der Waals surface area contributed by atoms with Gasteiger partial charge in [0, 0.05) is 0 Å². The SMILES string of the molecule is O=C1c2c(F)c(F)c(F)c(F)c2C(=O)N1n1c(=O)c2c(C(F)(F)F)c3c(=O)n(N4C(=O)c5c(F)c(F)c(F)c(F)c5C4=O)c(=O)c3c(C(F)(F)F)c2c1=O. The van der Waals surface area contributed by atoms with Crippen molar-refractivity contribution in [3.8, 4) is 0 Å². The molecule has 5 aromatic rings. The zero-order valence-electron chi connectivity index (χ0n) is 24.3. The van der Waals surface area contributed by atoms with E-state index in [4.69, 9.17) is 0 Å². The molecule has 3 aromatic carbocycles. The molecule has 2 aliphatic heterocycles. The Labute approximate surface area is 279 Å². The van der Waals surface area contributed by atoms with Crippen molar-refractivity contribution in [2.45, 2.75) is 12.4 Å². The van der Waals surface area contributed by atoms with Crippen molar-refractivity contribution in [1.82, 2.24) is 9.35 Å². The lowest BCUT2D eigenvalue weighted by atomic mass is 9.96. The number of hydrogen-bond acceptors (Lipinski definition) is 8. The minimum Gasteiger partial charge on any atom is -0.267 e. The van der Waals surface area contributed by atoms with Gasteiger partial charge in [0.15, 0.2) is 46.5 Å². The summed E-state index contributed by atoms with van der Waals surface area (Å²) in [5.41, 5.74) is -25.8. The van der Waals surface area contributed by atoms with Gasteiger partial charge in [-0.25, -0.2) is 35.1 Å². The Kier molecular flexibility index (Phi) is 6.88. The predicted octanol–water partition coefficient (Wildman–Crippen LogP) is 2.93. The molecule has 54 heavy (non-hydrogen) atoms. The van der Waals surface area contributed by atoms with Gasteiger partial charge in [-0.15, -0.1) is 0 Å². The Bertz CT molecular complexity index is 2600. The Morgan fingerprint density at radius 1 is 0.315 bits per heavy atom. The van der Waals surface area contributed by atoms with Crippen LogP contribution in [-0.2, 0) is 12.4 Å². The molecule has 4 heterocycles. The highest BCUT2D eigenvalue weighted by atomic mass is 19.4. The Morgan fingerprint density at radius 3 is 0.667 bits per heavy atom. The van der Waals surface area contributed by atoms with Crippen LogP contribution in [0.15, 0.2) is 19.2 Å². The molecule has 0 unspecified atom stereocenters. The molecule has 4 amide bonds. The van der Waals surface area contributed by atoms with E-state index < -0.39 is 179 Å². The average Bonchev–Trinajstić information content (AvgIpc) is 3.68. The number of halogens is 14. The first-order valence-electron chi connectivity index (χ1n) is 13.5. The van der Waals surface area contributed by atoms with E-state index in [0.29, 0.717) is 0 Å². The summed E-state index contributed by atoms with van der Waals surface area (Å²) in [6, 6.07) is 0. The molecule has 2 aromatic heterocycles. The number of hydrogen-bond donors (Lipinski definition) is 0. The van der Waals surface area contributed by atoms with Gasteiger partial charge in [-0.1, -0.05) is 0 Å². The van der Waals surface area contributed by atoms with Crippen LogP contribution in [0.1, 0.15) is 52.6 Å². The highest BCUT2D eigenvalue weighted by Crippen LogP contribution is 2.44. The van der Waals surface area contributed by atoms with E-state index in [2.05, 4.69) is 0 Å². The van der Waals surface area contributed by atoms with Gasteiger partial charge in [0.25, 0.3) is 45.9 Å². The fourth-order valence-corrected chi connectivity index (χ4v) is 6.18. The van der Waals surface area contributed by atoms with E-state index in [1.54, 1.807) is 0 Å². The van der Waals surface area contributed by atoms with Gasteiger partial charge in [-0.2, -0.15) is 45.7 Å². The van der Waals surface area contributed by atoms with Gasteiger partial charge in [-0.05, 0) is 0 Å². The monoisotopic (exact) mass is 786 g/mol. The molecule has 0 aliphatic carbocycles. The molecule has 0 N–H and O–H groups in total. The molecule has 26 heteroatoms. The minimum absolute atomic E-state index is 1.11. The molecule has 0 radical (unpaired) electrons. The number of carbonyl (C=O) groups excluding carboxylic acids is 4. The van der Waals surface area contributed by atoms with Crippen molar-refractivity contribution in [2.75, 3.05) is 10.0 Å². The summed E-state index contributed by atoms with van der Waals surface area (Å²) in [6.45, 7) is 0. The third-order valence-corrected chi connectivity index (χ3v) is 8.25. The number of carbonyl (C=O) groups is 4. The zero-order chi connectivity index (χ0) is 40.3. The van der Waals surface area contributed by atoms with Crippen molar-refractivity contribution in [3.05, 3.63) is 121 Å². The van der Waals surface area contributed by atoms with Crippen molar-refractivity contribution >= 4 is 45.2 Å². The van der Waals surface area contributed by atoms with Crippen LogP contribution >= 0.6 is 0 Å². The Balaban J connectivity index is 1.63. The number of benzene rings is 3. The molecule has 278 valence electrons. The fraction of sp³-hybridized carbons (Fsp3) is 0.0714. The van der Waals surface area contributed by atoms with Crippen LogP contribution < -0.4 is 32.3 Å². The van der Waals surface area contributed by atoms with E-state index in [0.717, 1.165) is 0 Å². The smallest absolute Gasteiger partial charge is 0.267 e. The van der Waals surface area contributed by atoms with Gasteiger partial charge < -0.3 is 0 Å². The minimum atomic E-state index is -6.41. The molecule has 0 spiro atoms. The lowest BCUT2D eigenvalue weighted by molar-refractivity contribution is -0.137. The molecule has 0 saturated carbocycles. The summed E-state index contributed by atoms with van der Waals surface area (Å²) in [5, 5.41) is -12.7. The molecule has 0 fully saturated rings. The molecular weight excluding hydrogens is 786 g/mol. The second-order valence-electron chi connectivity index (χ2n) is 10.9. The van der Waals surface area contributed by atoms with Gasteiger partial charge >= 0.3 is 12.4 Å². The second kappa shape index (κ2) is 10.4. The first kappa shape index (κ1) is 35.6. The number of fused-ring (bicyclic) bond motifs is 4. The first-order valence-corrected chi connectivity index (χ1v) is 13.5. The number of rotatable bonds is 2. The molecule has 0 bridgehead atoms. The van der Waals surface area contributed by atoms with Gasteiger partial charge in [-0.3, -0.25) is 38.4 Å². The summed E-state index contributed by atoms with van der Waals surface area (Å²) in [5.74, 6) is -32.0. The maximum absolute atomic E-state index is 14.8. The number of aromatic nitrogens is 2. The van der Waals surface area contributed by atoms with Crippen LogP contribution in [0.5, 0.6) is 0 Å². The van der Waals surface area contributed by atoms with E-state index >= 15 is 0 Å². The molecular formula is C28F14N4O8. The molecule has 7 rings (SSSR count). The zero-order valence-corrected chi connectivity index (χ0v) is 24.3. The molecule has 12 nitrogen and oxygen atoms in total. The van der Waals surface area contributed by atoms with Crippen molar-refractivity contribution in [3.63, 3.8) is 0 Å². The highest BCUT2D eigenvalue weighted by Gasteiger charge is 2.52. The topological polar surface area (TPSA) is 153 Å². The number of alkyl halides is 6. The maximum atomic E-state index is 14.8. The number of amides is 4. The van der Waals surface area contributed by atoms with Crippen LogP contribution in [0.2, 0.25) is 0 Å². The lowest BCUT2D eigenvalue weighted by Gasteiger charge is -2.13. The maximum Gasteiger partial charge on any atom is 0.418 e. The number of nitrogens with zero attached hydrogens (tertiary/aromatic N) is 4. The van der Waals surface area contributed by atoms with Crippen LogP contribution in [-0.4, -0.2) is 33.0 Å². The van der Waals surface area contributed by atoms with E-state index in [1.807, 2.05) is 0 Å². The normalized spacial score (nSPS) is 14.9. The third-order valence-electron chi connectivity index (χ3n) is 8.25. The quantitative estimate of drug-likeness (QED) is 0.115.